The van der Waals surface area contributed by atoms with E-state index < -0.39 is 0 Å². The topological polar surface area (TPSA) is 18.5 Å². The van der Waals surface area contributed by atoms with Crippen molar-refractivity contribution in [2.75, 3.05) is 39.3 Å². The second kappa shape index (κ2) is 7.05. The molecule has 2 saturated heterocycles. The molecule has 0 aromatic carbocycles. The van der Waals surface area contributed by atoms with Gasteiger partial charge < -0.3 is 10.2 Å². The van der Waals surface area contributed by atoms with Crippen LogP contribution in [0.3, 0.4) is 0 Å². The first-order chi connectivity index (χ1) is 9.15. The highest BCUT2D eigenvalue weighted by Crippen LogP contribution is 2.26. The van der Waals surface area contributed by atoms with Gasteiger partial charge in [-0.05, 0) is 57.8 Å². The zero-order valence-electron chi connectivity index (χ0n) is 13.4. The van der Waals surface area contributed by atoms with Crippen molar-refractivity contribution in [2.45, 2.75) is 52.6 Å². The Kier molecular flexibility index (Phi) is 5.67. The molecule has 112 valence electrons. The molecule has 3 nitrogen and oxygen atoms in total. The predicted molar refractivity (Wildman–Crippen MR) is 82.5 cm³/mol. The molecule has 0 aliphatic carbocycles. The molecule has 2 aliphatic heterocycles. The molecule has 0 radical (unpaired) electrons. The Morgan fingerprint density at radius 1 is 1.11 bits per heavy atom. The zero-order chi connectivity index (χ0) is 13.8. The summed E-state index contributed by atoms with van der Waals surface area (Å²) in [6.07, 6.45) is 2.73. The van der Waals surface area contributed by atoms with E-state index in [2.05, 4.69) is 42.8 Å². The lowest BCUT2D eigenvalue weighted by molar-refractivity contribution is 0.0717. The number of likely N-dealkylation sites (tertiary alicyclic amines) is 2. The minimum Gasteiger partial charge on any atom is -0.314 e. The van der Waals surface area contributed by atoms with Gasteiger partial charge in [0.2, 0.25) is 0 Å². The summed E-state index contributed by atoms with van der Waals surface area (Å²) in [7, 11) is 0. The molecule has 2 aliphatic rings. The first-order valence-electron chi connectivity index (χ1n) is 8.35. The standard InChI is InChI=1S/C16H33N3/c1-5-17-16-8-10-19(14(4)13(16)3)12-15-7-9-18(6-2)11-15/h13-17H,5-12H2,1-4H3. The molecule has 3 heteroatoms. The number of piperidine rings is 1. The van der Waals surface area contributed by atoms with E-state index in [0.29, 0.717) is 0 Å². The second-order valence-corrected chi connectivity index (χ2v) is 6.60. The second-order valence-electron chi connectivity index (χ2n) is 6.60. The van der Waals surface area contributed by atoms with Gasteiger partial charge in [0.15, 0.2) is 0 Å². The highest BCUT2D eigenvalue weighted by molar-refractivity contribution is 4.90. The van der Waals surface area contributed by atoms with Crippen molar-refractivity contribution in [2.24, 2.45) is 11.8 Å². The monoisotopic (exact) mass is 267 g/mol. The van der Waals surface area contributed by atoms with Crippen LogP contribution in [0.4, 0.5) is 0 Å². The molecule has 4 atom stereocenters. The summed E-state index contributed by atoms with van der Waals surface area (Å²) in [6, 6.07) is 1.46. The van der Waals surface area contributed by atoms with Crippen molar-refractivity contribution in [3.8, 4) is 0 Å². The lowest BCUT2D eigenvalue weighted by atomic mass is 9.86. The van der Waals surface area contributed by atoms with Crippen molar-refractivity contribution in [1.29, 1.82) is 0 Å². The SMILES string of the molecule is CCNC1CCN(CC2CCN(CC)C2)C(C)C1C. The fraction of sp³-hybridized carbons (Fsp3) is 1.00. The van der Waals surface area contributed by atoms with Crippen molar-refractivity contribution in [3.05, 3.63) is 0 Å². The van der Waals surface area contributed by atoms with Crippen LogP contribution in [-0.4, -0.2) is 61.2 Å². The van der Waals surface area contributed by atoms with Gasteiger partial charge in [-0.3, -0.25) is 4.90 Å². The quantitative estimate of drug-likeness (QED) is 0.822. The number of rotatable bonds is 5. The van der Waals surface area contributed by atoms with Crippen LogP contribution in [-0.2, 0) is 0 Å². The fourth-order valence-corrected chi connectivity index (χ4v) is 3.93. The van der Waals surface area contributed by atoms with Gasteiger partial charge in [0.05, 0.1) is 0 Å². The van der Waals surface area contributed by atoms with Crippen molar-refractivity contribution < 1.29 is 0 Å². The highest BCUT2D eigenvalue weighted by atomic mass is 15.2. The molecule has 0 amide bonds. The van der Waals surface area contributed by atoms with Crippen LogP contribution in [0, 0.1) is 11.8 Å². The summed E-state index contributed by atoms with van der Waals surface area (Å²) in [5.74, 6) is 1.68. The Labute approximate surface area is 119 Å². The van der Waals surface area contributed by atoms with Crippen molar-refractivity contribution in [3.63, 3.8) is 0 Å². The third-order valence-electron chi connectivity index (χ3n) is 5.48. The van der Waals surface area contributed by atoms with Crippen LogP contribution in [0.25, 0.3) is 0 Å². The molecule has 0 aromatic heterocycles. The average molecular weight is 267 g/mol. The summed E-state index contributed by atoms with van der Waals surface area (Å²) in [5.41, 5.74) is 0. The van der Waals surface area contributed by atoms with Gasteiger partial charge in [-0.15, -0.1) is 0 Å². The summed E-state index contributed by atoms with van der Waals surface area (Å²) >= 11 is 0. The molecular weight excluding hydrogens is 234 g/mol. The van der Waals surface area contributed by atoms with E-state index in [-0.39, 0.29) is 0 Å². The third kappa shape index (κ3) is 3.71. The maximum atomic E-state index is 3.66. The van der Waals surface area contributed by atoms with Gasteiger partial charge in [0.25, 0.3) is 0 Å². The molecule has 0 spiro atoms. The van der Waals surface area contributed by atoms with Gasteiger partial charge in [-0.2, -0.15) is 0 Å². The van der Waals surface area contributed by atoms with Crippen molar-refractivity contribution in [1.82, 2.24) is 15.1 Å². The van der Waals surface area contributed by atoms with Gasteiger partial charge in [-0.25, -0.2) is 0 Å². The molecule has 0 bridgehead atoms. The molecule has 2 fully saturated rings. The van der Waals surface area contributed by atoms with E-state index in [1.165, 1.54) is 45.6 Å². The molecule has 1 N–H and O–H groups in total. The minimum atomic E-state index is 0.729. The van der Waals surface area contributed by atoms with E-state index >= 15 is 0 Å². The summed E-state index contributed by atoms with van der Waals surface area (Å²) < 4.78 is 0. The summed E-state index contributed by atoms with van der Waals surface area (Å²) in [6.45, 7) is 16.9. The number of hydrogen-bond donors (Lipinski definition) is 1. The van der Waals surface area contributed by atoms with Gasteiger partial charge in [0.1, 0.15) is 0 Å². The summed E-state index contributed by atoms with van der Waals surface area (Å²) in [5, 5.41) is 3.66. The molecule has 0 saturated carbocycles. The lowest BCUT2D eigenvalue weighted by Crippen LogP contribution is -2.54. The van der Waals surface area contributed by atoms with Crippen molar-refractivity contribution >= 4 is 0 Å². The first-order valence-corrected chi connectivity index (χ1v) is 8.35. The maximum Gasteiger partial charge on any atom is 0.0120 e. The zero-order valence-corrected chi connectivity index (χ0v) is 13.4. The van der Waals surface area contributed by atoms with Crippen LogP contribution < -0.4 is 5.32 Å². The fourth-order valence-electron chi connectivity index (χ4n) is 3.93. The Morgan fingerprint density at radius 2 is 1.89 bits per heavy atom. The first kappa shape index (κ1) is 15.3. The number of nitrogens with zero attached hydrogens (tertiary/aromatic N) is 2. The molecule has 2 rings (SSSR count). The molecule has 0 aromatic rings. The van der Waals surface area contributed by atoms with Crippen LogP contribution >= 0.6 is 0 Å². The highest BCUT2D eigenvalue weighted by Gasteiger charge is 2.33. The van der Waals surface area contributed by atoms with Gasteiger partial charge >= 0.3 is 0 Å². The summed E-state index contributed by atoms with van der Waals surface area (Å²) in [4.78, 5) is 5.35. The normalized spacial score (nSPS) is 37.9. The molecular formula is C16H33N3. The molecule has 19 heavy (non-hydrogen) atoms. The number of nitrogens with one attached hydrogen (secondary N) is 1. The van der Waals surface area contributed by atoms with Gasteiger partial charge in [0, 0.05) is 25.2 Å². The minimum absolute atomic E-state index is 0.729. The van der Waals surface area contributed by atoms with E-state index in [4.69, 9.17) is 0 Å². The third-order valence-corrected chi connectivity index (χ3v) is 5.48. The molecule has 4 unspecified atom stereocenters. The maximum absolute atomic E-state index is 3.66. The largest absolute Gasteiger partial charge is 0.314 e. The Bertz CT molecular complexity index is 269. The lowest BCUT2D eigenvalue weighted by Gasteiger charge is -2.44. The van der Waals surface area contributed by atoms with E-state index in [1.54, 1.807) is 0 Å². The average Bonchev–Trinajstić information content (AvgIpc) is 2.86. The van der Waals surface area contributed by atoms with E-state index in [9.17, 15) is 0 Å². The van der Waals surface area contributed by atoms with Crippen LogP contribution in [0.5, 0.6) is 0 Å². The predicted octanol–water partition coefficient (Wildman–Crippen LogP) is 2.04. The Balaban J connectivity index is 1.82. The van der Waals surface area contributed by atoms with E-state index in [1.807, 2.05) is 0 Å². The number of hydrogen-bond acceptors (Lipinski definition) is 3. The Morgan fingerprint density at radius 3 is 2.53 bits per heavy atom. The molecule has 2 heterocycles. The van der Waals surface area contributed by atoms with Crippen LogP contribution in [0.2, 0.25) is 0 Å². The smallest absolute Gasteiger partial charge is 0.0120 e. The van der Waals surface area contributed by atoms with Gasteiger partial charge in [-0.1, -0.05) is 20.8 Å². The van der Waals surface area contributed by atoms with E-state index in [0.717, 1.165) is 30.5 Å². The van der Waals surface area contributed by atoms with Crippen LogP contribution in [0.1, 0.15) is 40.5 Å². The van der Waals surface area contributed by atoms with Crippen LogP contribution in [0.15, 0.2) is 0 Å². The Hall–Kier alpha value is -0.120.